The SMILES string of the molecule is CC1CC(=O)N(CC(=O)Nc2cccc([N+](=O)[O-])c2)c2ccccc2S1. The zero-order valence-electron chi connectivity index (χ0n) is 14.0. The Kier molecular flexibility index (Phi) is 5.22. The lowest BCUT2D eigenvalue weighted by Crippen LogP contribution is -2.38. The summed E-state index contributed by atoms with van der Waals surface area (Å²) in [7, 11) is 0. The van der Waals surface area contributed by atoms with E-state index in [9.17, 15) is 19.7 Å². The van der Waals surface area contributed by atoms with Crippen molar-refractivity contribution in [3.63, 3.8) is 0 Å². The van der Waals surface area contributed by atoms with Crippen molar-refractivity contribution in [2.75, 3.05) is 16.8 Å². The molecule has 1 N–H and O–H groups in total. The molecule has 1 aliphatic rings. The van der Waals surface area contributed by atoms with E-state index in [1.165, 1.54) is 23.1 Å². The highest BCUT2D eigenvalue weighted by Crippen LogP contribution is 2.37. The van der Waals surface area contributed by atoms with Crippen molar-refractivity contribution < 1.29 is 14.5 Å². The van der Waals surface area contributed by atoms with Gasteiger partial charge in [0, 0.05) is 34.4 Å². The van der Waals surface area contributed by atoms with Crippen LogP contribution in [0.3, 0.4) is 0 Å². The van der Waals surface area contributed by atoms with Gasteiger partial charge in [0.1, 0.15) is 6.54 Å². The van der Waals surface area contributed by atoms with E-state index in [0.717, 1.165) is 4.90 Å². The maximum atomic E-state index is 12.6. The molecule has 0 saturated carbocycles. The first-order valence-corrected chi connectivity index (χ1v) is 8.92. The first-order valence-electron chi connectivity index (χ1n) is 8.04. The van der Waals surface area contributed by atoms with Gasteiger partial charge in [0.05, 0.1) is 10.6 Å². The number of carbonyl (C=O) groups excluding carboxylic acids is 2. The quantitative estimate of drug-likeness (QED) is 0.656. The van der Waals surface area contributed by atoms with Crippen LogP contribution in [-0.4, -0.2) is 28.5 Å². The number of nitro benzene ring substituents is 1. The number of hydrogen-bond acceptors (Lipinski definition) is 5. The number of para-hydroxylation sites is 1. The topological polar surface area (TPSA) is 92.6 Å². The lowest BCUT2D eigenvalue weighted by molar-refractivity contribution is -0.384. The standard InChI is InChI=1S/C18H17N3O4S/c1-12-9-18(23)20(15-7-2-3-8-16(15)26-12)11-17(22)19-13-5-4-6-14(10-13)21(24)25/h2-8,10,12H,9,11H2,1H3,(H,19,22). The summed E-state index contributed by atoms with van der Waals surface area (Å²) < 4.78 is 0. The van der Waals surface area contributed by atoms with Crippen LogP contribution in [0.15, 0.2) is 53.4 Å². The highest BCUT2D eigenvalue weighted by Gasteiger charge is 2.27. The van der Waals surface area contributed by atoms with Crippen molar-refractivity contribution in [3.8, 4) is 0 Å². The number of non-ortho nitro benzene ring substituents is 1. The highest BCUT2D eigenvalue weighted by molar-refractivity contribution is 8.00. The van der Waals surface area contributed by atoms with Gasteiger partial charge in [-0.15, -0.1) is 11.8 Å². The molecule has 2 aromatic carbocycles. The lowest BCUT2D eigenvalue weighted by Gasteiger charge is -2.22. The van der Waals surface area contributed by atoms with Gasteiger partial charge in [-0.25, -0.2) is 0 Å². The molecule has 7 nitrogen and oxygen atoms in total. The van der Waals surface area contributed by atoms with E-state index < -0.39 is 10.8 Å². The number of nitrogens with zero attached hydrogens (tertiary/aromatic N) is 2. The number of rotatable bonds is 4. The summed E-state index contributed by atoms with van der Waals surface area (Å²) in [6.45, 7) is 1.83. The Balaban J connectivity index is 1.79. The summed E-state index contributed by atoms with van der Waals surface area (Å²) in [5.41, 5.74) is 0.924. The van der Waals surface area contributed by atoms with Crippen molar-refractivity contribution in [2.45, 2.75) is 23.5 Å². The molecule has 0 fully saturated rings. The van der Waals surface area contributed by atoms with E-state index >= 15 is 0 Å². The molecule has 2 amide bonds. The molecule has 0 aromatic heterocycles. The van der Waals surface area contributed by atoms with Gasteiger partial charge >= 0.3 is 0 Å². The van der Waals surface area contributed by atoms with E-state index in [1.807, 2.05) is 31.2 Å². The fourth-order valence-corrected chi connectivity index (χ4v) is 3.86. The molecule has 1 atom stereocenters. The highest BCUT2D eigenvalue weighted by atomic mass is 32.2. The summed E-state index contributed by atoms with van der Waals surface area (Å²) in [5.74, 6) is -0.530. The number of amides is 2. The predicted molar refractivity (Wildman–Crippen MR) is 100 cm³/mol. The van der Waals surface area contributed by atoms with E-state index in [0.29, 0.717) is 17.8 Å². The van der Waals surface area contributed by atoms with E-state index in [1.54, 1.807) is 17.8 Å². The molecule has 1 unspecified atom stereocenters. The Morgan fingerprint density at radius 3 is 2.85 bits per heavy atom. The van der Waals surface area contributed by atoms with Crippen molar-refractivity contribution in [1.29, 1.82) is 0 Å². The Morgan fingerprint density at radius 1 is 1.31 bits per heavy atom. The number of hydrogen-bond donors (Lipinski definition) is 1. The molecule has 1 heterocycles. The van der Waals surface area contributed by atoms with Gasteiger partial charge in [0.25, 0.3) is 5.69 Å². The smallest absolute Gasteiger partial charge is 0.271 e. The maximum absolute atomic E-state index is 12.6. The van der Waals surface area contributed by atoms with Gasteiger partial charge in [-0.1, -0.05) is 25.1 Å². The molecule has 26 heavy (non-hydrogen) atoms. The Labute approximate surface area is 154 Å². The van der Waals surface area contributed by atoms with Crippen LogP contribution in [0.5, 0.6) is 0 Å². The lowest BCUT2D eigenvalue weighted by atomic mass is 10.2. The van der Waals surface area contributed by atoms with Gasteiger partial charge in [-0.05, 0) is 18.2 Å². The molecule has 2 aromatic rings. The third-order valence-corrected chi connectivity index (χ3v) is 5.06. The third kappa shape index (κ3) is 4.02. The molecule has 1 aliphatic heterocycles. The van der Waals surface area contributed by atoms with Crippen LogP contribution in [0.25, 0.3) is 0 Å². The minimum atomic E-state index is -0.525. The van der Waals surface area contributed by atoms with Gasteiger partial charge < -0.3 is 10.2 Å². The minimum absolute atomic E-state index is 0.107. The molecule has 0 bridgehead atoms. The number of carbonyl (C=O) groups is 2. The van der Waals surface area contributed by atoms with Crippen LogP contribution in [0.1, 0.15) is 13.3 Å². The fraction of sp³-hybridized carbons (Fsp3) is 0.222. The Bertz CT molecular complexity index is 871. The molecule has 0 saturated heterocycles. The van der Waals surface area contributed by atoms with Gasteiger partial charge in [-0.2, -0.15) is 0 Å². The zero-order valence-corrected chi connectivity index (χ0v) is 14.9. The second-order valence-electron chi connectivity index (χ2n) is 5.94. The van der Waals surface area contributed by atoms with Crippen LogP contribution in [-0.2, 0) is 9.59 Å². The number of nitro groups is 1. The van der Waals surface area contributed by atoms with Crippen molar-refractivity contribution >= 4 is 40.6 Å². The summed E-state index contributed by atoms with van der Waals surface area (Å²) in [4.78, 5) is 37.7. The minimum Gasteiger partial charge on any atom is -0.324 e. The second-order valence-corrected chi connectivity index (χ2v) is 7.42. The van der Waals surface area contributed by atoms with E-state index in [2.05, 4.69) is 5.32 Å². The summed E-state index contributed by atoms with van der Waals surface area (Å²) in [5, 5.41) is 13.6. The molecule has 0 aliphatic carbocycles. The Morgan fingerprint density at radius 2 is 2.08 bits per heavy atom. The average Bonchev–Trinajstić information content (AvgIpc) is 2.71. The number of benzene rings is 2. The summed E-state index contributed by atoms with van der Waals surface area (Å²) in [6, 6.07) is 13.2. The van der Waals surface area contributed by atoms with Crippen LogP contribution in [0.2, 0.25) is 0 Å². The van der Waals surface area contributed by atoms with Crippen LogP contribution >= 0.6 is 11.8 Å². The Hall–Kier alpha value is -2.87. The van der Waals surface area contributed by atoms with Gasteiger partial charge in [-0.3, -0.25) is 19.7 Å². The monoisotopic (exact) mass is 371 g/mol. The van der Waals surface area contributed by atoms with Crippen molar-refractivity contribution in [1.82, 2.24) is 0 Å². The molecule has 134 valence electrons. The molecular formula is C18H17N3O4S. The van der Waals surface area contributed by atoms with E-state index in [4.69, 9.17) is 0 Å². The van der Waals surface area contributed by atoms with E-state index in [-0.39, 0.29) is 23.4 Å². The molecule has 0 radical (unpaired) electrons. The number of fused-ring (bicyclic) bond motifs is 1. The first-order chi connectivity index (χ1) is 12.4. The van der Waals surface area contributed by atoms with Crippen LogP contribution in [0.4, 0.5) is 17.1 Å². The number of anilines is 2. The molecular weight excluding hydrogens is 354 g/mol. The first kappa shape index (κ1) is 17.9. The van der Waals surface area contributed by atoms with Crippen molar-refractivity contribution in [3.05, 3.63) is 58.6 Å². The van der Waals surface area contributed by atoms with Crippen LogP contribution < -0.4 is 10.2 Å². The molecule has 0 spiro atoms. The average molecular weight is 371 g/mol. The van der Waals surface area contributed by atoms with Crippen LogP contribution in [0, 0.1) is 10.1 Å². The number of thioether (sulfide) groups is 1. The second kappa shape index (κ2) is 7.57. The number of nitrogens with one attached hydrogen (secondary N) is 1. The normalized spacial score (nSPS) is 16.6. The molecule has 8 heteroatoms. The predicted octanol–water partition coefficient (Wildman–Crippen LogP) is 3.45. The fourth-order valence-electron chi connectivity index (χ4n) is 2.74. The maximum Gasteiger partial charge on any atom is 0.271 e. The van der Waals surface area contributed by atoms with Gasteiger partial charge in [0.2, 0.25) is 11.8 Å². The third-order valence-electron chi connectivity index (χ3n) is 3.89. The largest absolute Gasteiger partial charge is 0.324 e. The van der Waals surface area contributed by atoms with Crippen molar-refractivity contribution in [2.24, 2.45) is 0 Å². The zero-order chi connectivity index (χ0) is 18.7. The summed E-state index contributed by atoms with van der Waals surface area (Å²) >= 11 is 1.61. The molecule has 3 rings (SSSR count). The summed E-state index contributed by atoms with van der Waals surface area (Å²) in [6.07, 6.45) is 0.337. The van der Waals surface area contributed by atoms with Gasteiger partial charge in [0.15, 0.2) is 0 Å².